The number of nitrogen functional groups attached to an aromatic ring is 1. The van der Waals surface area contributed by atoms with Crippen LogP contribution in [0.2, 0.25) is 0 Å². The van der Waals surface area contributed by atoms with Crippen LogP contribution in [0.1, 0.15) is 24.3 Å². The van der Waals surface area contributed by atoms with E-state index < -0.39 is 0 Å². The maximum Gasteiger partial charge on any atom is 0.224 e. The molecule has 0 amide bonds. The van der Waals surface area contributed by atoms with E-state index >= 15 is 0 Å². The van der Waals surface area contributed by atoms with Crippen molar-refractivity contribution in [2.24, 2.45) is 0 Å². The second-order valence-corrected chi connectivity index (χ2v) is 5.40. The van der Waals surface area contributed by atoms with Gasteiger partial charge < -0.3 is 11.1 Å². The molecule has 98 valence electrons. The number of nitrogens with one attached hydrogen (secondary N) is 1. The van der Waals surface area contributed by atoms with Gasteiger partial charge in [0.15, 0.2) is 5.82 Å². The molecule has 0 aliphatic rings. The highest BCUT2D eigenvalue weighted by molar-refractivity contribution is 7.16. The zero-order valence-electron chi connectivity index (χ0n) is 11.2. The van der Waals surface area contributed by atoms with E-state index in [1.54, 1.807) is 11.3 Å². The molecule has 2 rings (SSSR count). The molecule has 0 radical (unpaired) electrons. The fourth-order valence-electron chi connectivity index (χ4n) is 2.01. The van der Waals surface area contributed by atoms with Gasteiger partial charge in [0, 0.05) is 18.0 Å². The highest BCUT2D eigenvalue weighted by Crippen LogP contribution is 2.37. The molecule has 2 heterocycles. The average molecular weight is 265 g/mol. The number of nitrogens with two attached hydrogens (primary N) is 1. The van der Waals surface area contributed by atoms with Crippen molar-refractivity contribution >= 4 is 22.3 Å². The Kier molecular flexibility index (Phi) is 3.56. The predicted molar refractivity (Wildman–Crippen MR) is 77.1 cm³/mol. The van der Waals surface area contributed by atoms with Crippen molar-refractivity contribution < 1.29 is 0 Å². The van der Waals surface area contributed by atoms with Gasteiger partial charge in [-0.1, -0.05) is 0 Å². The topological polar surface area (TPSA) is 68.8 Å². The van der Waals surface area contributed by atoms with Crippen LogP contribution in [0.25, 0.3) is 11.4 Å². The van der Waals surface area contributed by atoms with Gasteiger partial charge in [-0.05, 0) is 33.3 Å². The molecule has 5 nitrogen and oxygen atoms in total. The van der Waals surface area contributed by atoms with Gasteiger partial charge >= 0.3 is 0 Å². The summed E-state index contributed by atoms with van der Waals surface area (Å²) in [5.74, 6) is 1.66. The highest BCUT2D eigenvalue weighted by Gasteiger charge is 2.19. The zero-order valence-corrected chi connectivity index (χ0v) is 12.1. The van der Waals surface area contributed by atoms with Gasteiger partial charge in [0.25, 0.3) is 0 Å². The van der Waals surface area contributed by atoms with Gasteiger partial charge in [0.1, 0.15) is 0 Å². The standard InChI is InChI=1S/C12H19N5S/c1-5-14-12-16-15-11(17(12)6-2)9-7(3)8(4)18-10(9)13/h5-6,13H2,1-4H3,(H,14,16). The molecule has 3 N–H and O–H groups in total. The largest absolute Gasteiger partial charge is 0.390 e. The summed E-state index contributed by atoms with van der Waals surface area (Å²) >= 11 is 1.61. The number of nitrogens with zero attached hydrogens (tertiary/aromatic N) is 3. The van der Waals surface area contributed by atoms with Gasteiger partial charge in [-0.2, -0.15) is 0 Å². The van der Waals surface area contributed by atoms with Crippen molar-refractivity contribution in [1.29, 1.82) is 0 Å². The van der Waals surface area contributed by atoms with Crippen LogP contribution in [-0.4, -0.2) is 21.3 Å². The van der Waals surface area contributed by atoms with E-state index in [1.165, 1.54) is 10.4 Å². The summed E-state index contributed by atoms with van der Waals surface area (Å²) in [5.41, 5.74) is 8.32. The molecule has 0 saturated carbocycles. The lowest BCUT2D eigenvalue weighted by Gasteiger charge is -2.08. The van der Waals surface area contributed by atoms with E-state index in [-0.39, 0.29) is 0 Å². The Bertz CT molecular complexity index is 555. The van der Waals surface area contributed by atoms with E-state index in [0.29, 0.717) is 0 Å². The van der Waals surface area contributed by atoms with E-state index in [2.05, 4.69) is 40.9 Å². The van der Waals surface area contributed by atoms with E-state index in [0.717, 1.165) is 35.4 Å². The second-order valence-electron chi connectivity index (χ2n) is 4.14. The molecule has 0 aliphatic heterocycles. The minimum absolute atomic E-state index is 0.803. The fraction of sp³-hybridized carbons (Fsp3) is 0.500. The van der Waals surface area contributed by atoms with E-state index in [4.69, 9.17) is 5.73 Å². The molecule has 0 atom stereocenters. The summed E-state index contributed by atoms with van der Waals surface area (Å²) in [7, 11) is 0. The Balaban J connectivity index is 2.57. The SMILES string of the molecule is CCNc1nnc(-c2c(N)sc(C)c2C)n1CC. The van der Waals surface area contributed by atoms with E-state index in [1.807, 2.05) is 6.92 Å². The van der Waals surface area contributed by atoms with Crippen LogP contribution in [0.3, 0.4) is 0 Å². The molecule has 0 fully saturated rings. The van der Waals surface area contributed by atoms with Crippen LogP contribution in [0.15, 0.2) is 0 Å². The molecule has 18 heavy (non-hydrogen) atoms. The normalized spacial score (nSPS) is 10.9. The van der Waals surface area contributed by atoms with Crippen molar-refractivity contribution in [2.45, 2.75) is 34.2 Å². The molecule has 0 aliphatic carbocycles. The highest BCUT2D eigenvalue weighted by atomic mass is 32.1. The molecule has 0 bridgehead atoms. The lowest BCUT2D eigenvalue weighted by Crippen LogP contribution is -2.07. The second kappa shape index (κ2) is 4.97. The Morgan fingerprint density at radius 2 is 2.00 bits per heavy atom. The fourth-order valence-corrected chi connectivity index (χ4v) is 2.94. The van der Waals surface area contributed by atoms with Gasteiger partial charge in [0.05, 0.1) is 10.6 Å². The molecule has 0 saturated heterocycles. The van der Waals surface area contributed by atoms with Crippen molar-refractivity contribution in [2.75, 3.05) is 17.6 Å². The first-order valence-corrected chi connectivity index (χ1v) is 6.94. The lowest BCUT2D eigenvalue weighted by molar-refractivity contribution is 0.770. The maximum absolute atomic E-state index is 6.10. The summed E-state index contributed by atoms with van der Waals surface area (Å²) < 4.78 is 2.06. The summed E-state index contributed by atoms with van der Waals surface area (Å²) in [6.45, 7) is 9.94. The molecule has 0 unspecified atom stereocenters. The van der Waals surface area contributed by atoms with Crippen LogP contribution in [0.4, 0.5) is 10.9 Å². The van der Waals surface area contributed by atoms with Gasteiger partial charge in [-0.15, -0.1) is 21.5 Å². The Morgan fingerprint density at radius 3 is 2.50 bits per heavy atom. The number of rotatable bonds is 4. The maximum atomic E-state index is 6.10. The molecular formula is C12H19N5S. The van der Waals surface area contributed by atoms with E-state index in [9.17, 15) is 0 Å². The summed E-state index contributed by atoms with van der Waals surface area (Å²) in [6.07, 6.45) is 0. The first-order valence-electron chi connectivity index (χ1n) is 6.13. The molecule has 2 aromatic heterocycles. The smallest absolute Gasteiger partial charge is 0.224 e. The van der Waals surface area contributed by atoms with Crippen LogP contribution in [0.5, 0.6) is 0 Å². The number of aromatic nitrogens is 3. The summed E-state index contributed by atoms with van der Waals surface area (Å²) in [5, 5.41) is 12.5. The molecular weight excluding hydrogens is 246 g/mol. The third-order valence-corrected chi connectivity index (χ3v) is 4.07. The summed E-state index contributed by atoms with van der Waals surface area (Å²) in [4.78, 5) is 1.23. The molecule has 6 heteroatoms. The van der Waals surface area contributed by atoms with Crippen molar-refractivity contribution in [1.82, 2.24) is 14.8 Å². The molecule has 0 spiro atoms. The van der Waals surface area contributed by atoms with Gasteiger partial charge in [-0.25, -0.2) is 0 Å². The number of hydrogen-bond donors (Lipinski definition) is 2. The van der Waals surface area contributed by atoms with Gasteiger partial charge in [-0.3, -0.25) is 4.57 Å². The average Bonchev–Trinajstić information content (AvgIpc) is 2.82. The minimum Gasteiger partial charge on any atom is -0.390 e. The first-order chi connectivity index (χ1) is 8.60. The molecule has 2 aromatic rings. The third-order valence-electron chi connectivity index (χ3n) is 3.04. The number of hydrogen-bond acceptors (Lipinski definition) is 5. The van der Waals surface area contributed by atoms with Crippen LogP contribution < -0.4 is 11.1 Å². The number of anilines is 2. The first kappa shape index (κ1) is 12.9. The van der Waals surface area contributed by atoms with Crippen molar-refractivity contribution in [3.8, 4) is 11.4 Å². The van der Waals surface area contributed by atoms with Gasteiger partial charge in [0.2, 0.25) is 5.95 Å². The lowest BCUT2D eigenvalue weighted by atomic mass is 10.1. The molecule has 0 aromatic carbocycles. The Morgan fingerprint density at radius 1 is 1.28 bits per heavy atom. The Hall–Kier alpha value is -1.56. The quantitative estimate of drug-likeness (QED) is 0.891. The third kappa shape index (κ3) is 1.96. The van der Waals surface area contributed by atoms with Crippen molar-refractivity contribution in [3.05, 3.63) is 10.4 Å². The zero-order chi connectivity index (χ0) is 13.3. The summed E-state index contributed by atoms with van der Waals surface area (Å²) in [6, 6.07) is 0. The Labute approximate surface area is 111 Å². The van der Waals surface area contributed by atoms with Crippen LogP contribution >= 0.6 is 11.3 Å². The number of aryl methyl sites for hydroxylation is 1. The predicted octanol–water partition coefficient (Wildman–Crippen LogP) is 2.66. The van der Waals surface area contributed by atoms with Crippen LogP contribution in [0, 0.1) is 13.8 Å². The monoisotopic (exact) mass is 265 g/mol. The van der Waals surface area contributed by atoms with Crippen LogP contribution in [-0.2, 0) is 6.54 Å². The minimum atomic E-state index is 0.803. The van der Waals surface area contributed by atoms with Crippen molar-refractivity contribution in [3.63, 3.8) is 0 Å². The number of thiophene rings is 1.